The zero-order chi connectivity index (χ0) is 23.6. The van der Waals surface area contributed by atoms with E-state index in [2.05, 4.69) is 13.8 Å². The van der Waals surface area contributed by atoms with Crippen molar-refractivity contribution < 1.29 is 24.4 Å². The summed E-state index contributed by atoms with van der Waals surface area (Å²) in [5.74, 6) is 3.51. The summed E-state index contributed by atoms with van der Waals surface area (Å²) in [6.45, 7) is 4.81. The number of aliphatic hydroxyl groups is 1. The highest BCUT2D eigenvalue weighted by Crippen LogP contribution is 2.25. The van der Waals surface area contributed by atoms with Crippen LogP contribution in [0.3, 0.4) is 0 Å². The third-order valence-electron chi connectivity index (χ3n) is 5.05. The van der Waals surface area contributed by atoms with Gasteiger partial charge in [-0.15, -0.1) is 0 Å². The lowest BCUT2D eigenvalue weighted by Gasteiger charge is -2.11. The number of unbranched alkanes of at least 4 members (excludes halogenated alkanes) is 15. The molecule has 8 heteroatoms. The highest BCUT2D eigenvalue weighted by Gasteiger charge is 2.06. The lowest BCUT2D eigenvalue weighted by Crippen LogP contribution is -2.12. The Kier molecular flexibility index (Phi) is 29.6. The minimum atomic E-state index is -4.64. The van der Waals surface area contributed by atoms with E-state index in [1.807, 2.05) is 23.5 Å². The van der Waals surface area contributed by atoms with Crippen molar-refractivity contribution in [3.8, 4) is 0 Å². The molecular weight excluding hydrogens is 451 g/mol. The maximum Gasteiger partial charge on any atom is 0.466 e. The number of rotatable bonds is 22. The Balaban J connectivity index is 0. The van der Waals surface area contributed by atoms with E-state index in [4.69, 9.17) is 19.2 Å². The van der Waals surface area contributed by atoms with Crippen molar-refractivity contribution in [1.82, 2.24) is 0 Å². The van der Waals surface area contributed by atoms with Crippen molar-refractivity contribution in [2.75, 3.05) is 23.9 Å². The van der Waals surface area contributed by atoms with Crippen molar-refractivity contribution in [2.45, 2.75) is 122 Å². The van der Waals surface area contributed by atoms with Crippen LogP contribution >= 0.6 is 31.3 Å². The van der Waals surface area contributed by atoms with Gasteiger partial charge in [0.25, 0.3) is 0 Å². The molecule has 1 unspecified atom stereocenters. The number of aliphatic hydroxyl groups excluding tert-OH is 1. The molecule has 0 aromatic rings. The zero-order valence-corrected chi connectivity index (χ0v) is 22.7. The topological polar surface area (TPSA) is 98.0 Å². The maximum absolute atomic E-state index is 9.27. The van der Waals surface area contributed by atoms with E-state index in [0.717, 1.165) is 11.5 Å². The third kappa shape index (κ3) is 38.4. The minimum absolute atomic E-state index is 0.338. The van der Waals surface area contributed by atoms with Gasteiger partial charge in [-0.05, 0) is 17.9 Å². The summed E-state index contributed by atoms with van der Waals surface area (Å²) in [7, 11) is -4.64. The smallest absolute Gasteiger partial charge is 0.395 e. The minimum Gasteiger partial charge on any atom is -0.395 e. The molecule has 4 N–H and O–H groups in total. The number of thioether (sulfide) groups is 2. The van der Waals surface area contributed by atoms with E-state index in [-0.39, 0.29) is 0 Å². The molecule has 0 heterocycles. The lowest BCUT2D eigenvalue weighted by molar-refractivity contribution is 0.275. The molecule has 0 aliphatic heterocycles. The molecule has 0 spiro atoms. The molecule has 0 radical (unpaired) electrons. The van der Waals surface area contributed by atoms with Crippen molar-refractivity contribution >= 4 is 31.3 Å². The summed E-state index contributed by atoms with van der Waals surface area (Å²) in [5.41, 5.74) is 0. The Labute approximate surface area is 201 Å². The van der Waals surface area contributed by atoms with Crippen LogP contribution in [0.1, 0.15) is 117 Å². The predicted octanol–water partition coefficient (Wildman–Crippen LogP) is 7.17. The van der Waals surface area contributed by atoms with E-state index >= 15 is 0 Å². The molecule has 0 aromatic heterocycles. The molecule has 0 fully saturated rings. The van der Waals surface area contributed by atoms with Crippen molar-refractivity contribution in [3.63, 3.8) is 0 Å². The van der Waals surface area contributed by atoms with Crippen LogP contribution in [0.4, 0.5) is 0 Å². The standard InChI is InChI=1S/C23H48OS2.H3O4P/c1-3-5-6-7-8-9-10-11-12-13-14-15-16-17-18-19-20-25-22-23(21-24)26-4-2;1-5(2,3)4/h23-24H,3-22H2,1-2H3;(H3,1,2,3,4). The van der Waals surface area contributed by atoms with Gasteiger partial charge in [0.2, 0.25) is 0 Å². The molecular formula is C23H51O5PS2. The van der Waals surface area contributed by atoms with Gasteiger partial charge in [-0.2, -0.15) is 23.5 Å². The van der Waals surface area contributed by atoms with Gasteiger partial charge in [-0.25, -0.2) is 4.57 Å². The SMILES string of the molecule is CCCCCCCCCCCCCCCCCCSCC(CO)SCC.O=P(O)(O)O. The van der Waals surface area contributed by atoms with Crippen molar-refractivity contribution in [2.24, 2.45) is 0 Å². The molecule has 0 saturated heterocycles. The van der Waals surface area contributed by atoms with Crippen LogP contribution in [0.15, 0.2) is 0 Å². The molecule has 0 amide bonds. The highest BCUT2D eigenvalue weighted by atomic mass is 32.2. The zero-order valence-electron chi connectivity index (χ0n) is 20.2. The molecule has 31 heavy (non-hydrogen) atoms. The first kappa shape index (κ1) is 33.9. The van der Waals surface area contributed by atoms with Crippen LogP contribution in [0.2, 0.25) is 0 Å². The van der Waals surface area contributed by atoms with Crippen molar-refractivity contribution in [3.05, 3.63) is 0 Å². The molecule has 0 bridgehead atoms. The monoisotopic (exact) mass is 502 g/mol. The van der Waals surface area contributed by atoms with Crippen LogP contribution < -0.4 is 0 Å². The second-order valence-electron chi connectivity index (χ2n) is 8.15. The van der Waals surface area contributed by atoms with Gasteiger partial charge < -0.3 is 19.8 Å². The maximum atomic E-state index is 9.27. The van der Waals surface area contributed by atoms with Gasteiger partial charge in [0.05, 0.1) is 6.61 Å². The Morgan fingerprint density at radius 3 is 1.35 bits per heavy atom. The van der Waals surface area contributed by atoms with E-state index in [9.17, 15) is 5.11 Å². The van der Waals surface area contributed by atoms with E-state index in [1.165, 1.54) is 108 Å². The number of hydrogen-bond donors (Lipinski definition) is 4. The fourth-order valence-corrected chi connectivity index (χ4v) is 5.55. The van der Waals surface area contributed by atoms with E-state index in [1.54, 1.807) is 0 Å². The summed E-state index contributed by atoms with van der Waals surface area (Å²) < 4.78 is 8.88. The summed E-state index contributed by atoms with van der Waals surface area (Å²) in [4.78, 5) is 21.6. The molecule has 5 nitrogen and oxygen atoms in total. The Morgan fingerprint density at radius 2 is 1.03 bits per heavy atom. The first-order chi connectivity index (χ1) is 14.8. The Hall–Kier alpha value is 0.770. The predicted molar refractivity (Wildman–Crippen MR) is 140 cm³/mol. The van der Waals surface area contributed by atoms with Crippen LogP contribution in [0.25, 0.3) is 0 Å². The fraction of sp³-hybridized carbons (Fsp3) is 1.00. The molecule has 0 saturated carbocycles. The summed E-state index contributed by atoms with van der Waals surface area (Å²) in [6, 6.07) is 0. The van der Waals surface area contributed by atoms with Crippen LogP contribution in [-0.4, -0.2) is 48.9 Å². The van der Waals surface area contributed by atoms with Gasteiger partial charge in [0, 0.05) is 11.0 Å². The van der Waals surface area contributed by atoms with Crippen LogP contribution in [-0.2, 0) is 4.57 Å². The van der Waals surface area contributed by atoms with Crippen molar-refractivity contribution in [1.29, 1.82) is 0 Å². The fourth-order valence-electron chi connectivity index (χ4n) is 3.36. The Morgan fingerprint density at radius 1 is 0.677 bits per heavy atom. The number of hydrogen-bond acceptors (Lipinski definition) is 4. The largest absolute Gasteiger partial charge is 0.466 e. The third-order valence-corrected chi connectivity index (χ3v) is 7.60. The molecule has 190 valence electrons. The average Bonchev–Trinajstić information content (AvgIpc) is 2.70. The van der Waals surface area contributed by atoms with Gasteiger partial charge >= 0.3 is 7.82 Å². The van der Waals surface area contributed by atoms with Gasteiger partial charge in [0.15, 0.2) is 0 Å². The van der Waals surface area contributed by atoms with Gasteiger partial charge in [0.1, 0.15) is 0 Å². The highest BCUT2D eigenvalue weighted by molar-refractivity contribution is 8.03. The molecule has 0 rings (SSSR count). The summed E-state index contributed by atoms with van der Waals surface area (Å²) in [5, 5.41) is 9.72. The first-order valence-electron chi connectivity index (χ1n) is 12.4. The van der Waals surface area contributed by atoms with Crippen LogP contribution in [0.5, 0.6) is 0 Å². The lowest BCUT2D eigenvalue weighted by atomic mass is 10.0. The summed E-state index contributed by atoms with van der Waals surface area (Å²) >= 11 is 3.93. The summed E-state index contributed by atoms with van der Waals surface area (Å²) in [6.07, 6.45) is 23.0. The van der Waals surface area contributed by atoms with E-state index < -0.39 is 7.82 Å². The second kappa shape index (κ2) is 27.0. The normalized spacial score (nSPS) is 12.5. The first-order valence-corrected chi connectivity index (χ1v) is 16.2. The molecule has 1 atom stereocenters. The molecule has 0 aliphatic carbocycles. The Bertz CT molecular complexity index is 375. The average molecular weight is 503 g/mol. The quantitative estimate of drug-likeness (QED) is 0.0920. The number of phosphoric acid groups is 1. The molecule has 0 aliphatic rings. The second-order valence-corrected chi connectivity index (χ2v) is 11.9. The van der Waals surface area contributed by atoms with E-state index in [0.29, 0.717) is 11.9 Å². The molecule has 0 aromatic carbocycles. The van der Waals surface area contributed by atoms with Gasteiger partial charge in [-0.3, -0.25) is 0 Å². The van der Waals surface area contributed by atoms with Gasteiger partial charge in [-0.1, -0.05) is 110 Å². The van der Waals surface area contributed by atoms with Crippen LogP contribution in [0, 0.1) is 0 Å².